The lowest BCUT2D eigenvalue weighted by atomic mass is 9.96. The van der Waals surface area contributed by atoms with Crippen molar-refractivity contribution in [1.82, 2.24) is 35.9 Å². The van der Waals surface area contributed by atoms with Crippen LogP contribution in [0.3, 0.4) is 0 Å². The molecule has 0 saturated carbocycles. The van der Waals surface area contributed by atoms with Gasteiger partial charge in [-0.1, -0.05) is 17.3 Å². The van der Waals surface area contributed by atoms with Gasteiger partial charge in [-0.3, -0.25) is 9.78 Å². The Balaban J connectivity index is 1.17. The average Bonchev–Trinajstić information content (AvgIpc) is 3.44. The van der Waals surface area contributed by atoms with Crippen molar-refractivity contribution in [1.29, 1.82) is 0 Å². The average molecular weight is 407 g/mol. The number of carbonyl (C=O) groups is 1. The Kier molecular flexibility index (Phi) is 4.85. The molecule has 1 amide bonds. The molecule has 2 unspecified atom stereocenters. The maximum absolute atomic E-state index is 12.8. The van der Waals surface area contributed by atoms with E-state index < -0.39 is 0 Å². The lowest BCUT2D eigenvalue weighted by Crippen LogP contribution is -2.54. The third kappa shape index (κ3) is 3.51. The Morgan fingerprint density at radius 1 is 1.27 bits per heavy atom. The van der Waals surface area contributed by atoms with Crippen LogP contribution in [0, 0.1) is 0 Å². The molecule has 2 N–H and O–H groups in total. The van der Waals surface area contributed by atoms with Crippen LogP contribution in [0.15, 0.2) is 47.4 Å². The smallest absolute Gasteiger partial charge is 0.241 e. The van der Waals surface area contributed by atoms with E-state index in [1.807, 2.05) is 29.2 Å². The van der Waals surface area contributed by atoms with E-state index >= 15 is 0 Å². The summed E-state index contributed by atoms with van der Waals surface area (Å²) in [6.45, 7) is 1.12. The van der Waals surface area contributed by atoms with Gasteiger partial charge in [0.2, 0.25) is 17.6 Å². The first-order valence-electron chi connectivity index (χ1n) is 9.75. The van der Waals surface area contributed by atoms with Crippen LogP contribution in [0.5, 0.6) is 5.75 Å². The highest BCUT2D eigenvalue weighted by Gasteiger charge is 2.40. The van der Waals surface area contributed by atoms with Crippen molar-refractivity contribution >= 4 is 5.91 Å². The second kappa shape index (κ2) is 7.81. The molecule has 10 nitrogen and oxygen atoms in total. The molecule has 0 aliphatic carbocycles. The Labute approximate surface area is 172 Å². The van der Waals surface area contributed by atoms with Crippen molar-refractivity contribution < 1.29 is 14.1 Å². The van der Waals surface area contributed by atoms with Crippen molar-refractivity contribution in [2.24, 2.45) is 0 Å². The van der Waals surface area contributed by atoms with Crippen LogP contribution in [-0.4, -0.2) is 57.2 Å². The fourth-order valence-electron chi connectivity index (χ4n) is 3.75. The number of ether oxygens (including phenoxy) is 1. The molecule has 10 heteroatoms. The number of benzene rings is 1. The predicted octanol–water partition coefficient (Wildman–Crippen LogP) is 1.07. The summed E-state index contributed by atoms with van der Waals surface area (Å²) >= 11 is 0. The van der Waals surface area contributed by atoms with E-state index in [2.05, 4.69) is 31.0 Å². The van der Waals surface area contributed by atoms with Crippen molar-refractivity contribution in [2.45, 2.75) is 24.4 Å². The maximum atomic E-state index is 12.8. The zero-order valence-corrected chi connectivity index (χ0v) is 16.4. The van der Waals surface area contributed by atoms with E-state index in [-0.39, 0.29) is 23.9 Å². The molecule has 2 atom stereocenters. The van der Waals surface area contributed by atoms with Crippen molar-refractivity contribution in [3.05, 3.63) is 54.3 Å². The van der Waals surface area contributed by atoms with Gasteiger partial charge in [-0.25, -0.2) is 15.8 Å². The Bertz CT molecular complexity index is 1040. The van der Waals surface area contributed by atoms with Gasteiger partial charge in [-0.2, -0.15) is 4.98 Å². The quantitative estimate of drug-likeness (QED) is 0.640. The van der Waals surface area contributed by atoms with E-state index in [1.165, 1.54) is 0 Å². The number of hydrogen-bond acceptors (Lipinski definition) is 9. The highest BCUT2D eigenvalue weighted by Crippen LogP contribution is 2.30. The van der Waals surface area contributed by atoms with Gasteiger partial charge < -0.3 is 14.2 Å². The highest BCUT2D eigenvalue weighted by molar-refractivity contribution is 5.83. The molecule has 0 bridgehead atoms. The lowest BCUT2D eigenvalue weighted by Gasteiger charge is -2.38. The Hall–Kier alpha value is -3.37. The molecule has 0 radical (unpaired) electrons. The second-order valence-corrected chi connectivity index (χ2v) is 7.39. The maximum Gasteiger partial charge on any atom is 0.241 e. The standard InChI is InChI=1S/C20H21N7O3/c1-29-14-4-2-3-12(7-14)15-8-16(25-24-15)20(28)27-10-13(11-27)19-23-18(26-30-19)17-9-21-5-6-22-17/h2-7,9,13,15-16,24-25H,8,10-11H2,1H3. The number of hydrogen-bond donors (Lipinski definition) is 2. The summed E-state index contributed by atoms with van der Waals surface area (Å²) in [6, 6.07) is 7.64. The lowest BCUT2D eigenvalue weighted by molar-refractivity contribution is -0.138. The van der Waals surface area contributed by atoms with Crippen molar-refractivity contribution in [3.8, 4) is 17.3 Å². The van der Waals surface area contributed by atoms with E-state index in [0.717, 1.165) is 11.3 Å². The van der Waals surface area contributed by atoms with E-state index in [4.69, 9.17) is 9.26 Å². The summed E-state index contributed by atoms with van der Waals surface area (Å²) in [5.74, 6) is 1.83. The van der Waals surface area contributed by atoms with Crippen LogP contribution in [0.4, 0.5) is 0 Å². The topological polar surface area (TPSA) is 118 Å². The largest absolute Gasteiger partial charge is 0.497 e. The number of methoxy groups -OCH3 is 1. The molecule has 2 fully saturated rings. The highest BCUT2D eigenvalue weighted by atomic mass is 16.5. The molecule has 2 saturated heterocycles. The molecule has 30 heavy (non-hydrogen) atoms. The zero-order chi connectivity index (χ0) is 20.5. The van der Waals surface area contributed by atoms with Crippen LogP contribution < -0.4 is 15.6 Å². The SMILES string of the molecule is COc1cccc(C2CC(C(=O)N3CC(c4nc(-c5cnccn5)no4)C3)NN2)c1. The summed E-state index contributed by atoms with van der Waals surface area (Å²) in [5, 5.41) is 3.97. The summed E-state index contributed by atoms with van der Waals surface area (Å²) < 4.78 is 10.7. The van der Waals surface area contributed by atoms with Gasteiger partial charge in [0.05, 0.1) is 19.2 Å². The third-order valence-corrected chi connectivity index (χ3v) is 5.47. The number of carbonyl (C=O) groups excluding carboxylic acids is 1. The summed E-state index contributed by atoms with van der Waals surface area (Å²) in [7, 11) is 1.64. The summed E-state index contributed by atoms with van der Waals surface area (Å²) in [6.07, 6.45) is 5.43. The fraction of sp³-hybridized carbons (Fsp3) is 0.350. The molecular formula is C20H21N7O3. The molecule has 2 aliphatic rings. The summed E-state index contributed by atoms with van der Waals surface area (Å²) in [5.41, 5.74) is 7.98. The van der Waals surface area contributed by atoms with Crippen molar-refractivity contribution in [2.75, 3.05) is 20.2 Å². The number of amides is 1. The molecule has 5 rings (SSSR count). The predicted molar refractivity (Wildman–Crippen MR) is 105 cm³/mol. The molecule has 2 aromatic heterocycles. The Morgan fingerprint density at radius 3 is 2.97 bits per heavy atom. The van der Waals surface area contributed by atoms with Gasteiger partial charge in [0.15, 0.2) is 0 Å². The van der Waals surface area contributed by atoms with E-state index in [1.54, 1.807) is 25.7 Å². The van der Waals surface area contributed by atoms with Crippen LogP contribution in [0.1, 0.15) is 29.8 Å². The van der Waals surface area contributed by atoms with Gasteiger partial charge in [0.1, 0.15) is 17.5 Å². The molecular weight excluding hydrogens is 386 g/mol. The summed E-state index contributed by atoms with van der Waals surface area (Å²) in [4.78, 5) is 27.2. The monoisotopic (exact) mass is 407 g/mol. The number of nitrogens with one attached hydrogen (secondary N) is 2. The molecule has 4 heterocycles. The molecule has 2 aliphatic heterocycles. The Morgan fingerprint density at radius 2 is 2.17 bits per heavy atom. The molecule has 3 aromatic rings. The van der Waals surface area contributed by atoms with Gasteiger partial charge in [0.25, 0.3) is 0 Å². The number of likely N-dealkylation sites (tertiary alicyclic amines) is 1. The van der Waals surface area contributed by atoms with E-state index in [9.17, 15) is 4.79 Å². The van der Waals surface area contributed by atoms with Crippen LogP contribution in [-0.2, 0) is 4.79 Å². The number of rotatable bonds is 5. The van der Waals surface area contributed by atoms with Gasteiger partial charge in [-0.15, -0.1) is 0 Å². The number of nitrogens with zero attached hydrogens (tertiary/aromatic N) is 5. The number of hydrazine groups is 1. The zero-order valence-electron chi connectivity index (χ0n) is 16.4. The number of aromatic nitrogens is 4. The minimum atomic E-state index is -0.278. The van der Waals surface area contributed by atoms with Crippen LogP contribution in [0.25, 0.3) is 11.5 Å². The van der Waals surface area contributed by atoms with Gasteiger partial charge in [-0.05, 0) is 24.1 Å². The minimum absolute atomic E-state index is 0.0374. The van der Waals surface area contributed by atoms with Gasteiger partial charge >= 0.3 is 0 Å². The van der Waals surface area contributed by atoms with Gasteiger partial charge in [0, 0.05) is 31.5 Å². The van der Waals surface area contributed by atoms with Crippen LogP contribution in [0.2, 0.25) is 0 Å². The molecule has 0 spiro atoms. The molecule has 154 valence electrons. The fourth-order valence-corrected chi connectivity index (χ4v) is 3.75. The van der Waals surface area contributed by atoms with Crippen molar-refractivity contribution in [3.63, 3.8) is 0 Å². The minimum Gasteiger partial charge on any atom is -0.497 e. The normalized spacial score (nSPS) is 21.4. The molecule has 1 aromatic carbocycles. The first-order valence-corrected chi connectivity index (χ1v) is 9.75. The van der Waals surface area contributed by atoms with E-state index in [0.29, 0.717) is 36.9 Å². The first-order chi connectivity index (χ1) is 14.7. The second-order valence-electron chi connectivity index (χ2n) is 7.39. The first kappa shape index (κ1) is 18.6. The third-order valence-electron chi connectivity index (χ3n) is 5.47. The van der Waals surface area contributed by atoms with Crippen LogP contribution >= 0.6 is 0 Å².